The van der Waals surface area contributed by atoms with Crippen LogP contribution < -0.4 is 0 Å². The lowest BCUT2D eigenvalue weighted by Gasteiger charge is -2.03. The van der Waals surface area contributed by atoms with E-state index in [0.29, 0.717) is 30.0 Å². The molecule has 0 aliphatic carbocycles. The van der Waals surface area contributed by atoms with E-state index in [1.807, 2.05) is 13.8 Å². The summed E-state index contributed by atoms with van der Waals surface area (Å²) in [6.45, 7) is 3.78. The number of aryl methyl sites for hydroxylation is 1. The second-order valence-electron chi connectivity index (χ2n) is 3.77. The van der Waals surface area contributed by atoms with E-state index in [9.17, 15) is 9.90 Å². The number of hydrogen-bond donors (Lipinski definition) is 1. The summed E-state index contributed by atoms with van der Waals surface area (Å²) in [5.41, 5.74) is 1.51. The highest BCUT2D eigenvalue weighted by atomic mass is 16.4. The topological polar surface area (TPSA) is 80.9 Å². The SMILES string of the molecule is CCc1nn(-c2cccnn2)c(CC)c1C(=O)O. The van der Waals surface area contributed by atoms with Crippen molar-refractivity contribution in [2.24, 2.45) is 0 Å². The number of aromatic carboxylic acids is 1. The van der Waals surface area contributed by atoms with Crippen molar-refractivity contribution in [2.45, 2.75) is 26.7 Å². The highest BCUT2D eigenvalue weighted by Crippen LogP contribution is 2.19. The molecule has 0 saturated carbocycles. The molecule has 1 N–H and O–H groups in total. The van der Waals surface area contributed by atoms with Gasteiger partial charge in [0.25, 0.3) is 0 Å². The zero-order valence-electron chi connectivity index (χ0n) is 10.3. The van der Waals surface area contributed by atoms with E-state index in [1.165, 1.54) is 0 Å². The Bertz CT molecular complexity index is 563. The Morgan fingerprint density at radius 1 is 1.39 bits per heavy atom. The number of hydrogen-bond acceptors (Lipinski definition) is 4. The third kappa shape index (κ3) is 1.97. The number of carboxylic acid groups (broad SMARTS) is 1. The summed E-state index contributed by atoms with van der Waals surface area (Å²) >= 11 is 0. The van der Waals surface area contributed by atoms with Gasteiger partial charge in [-0.3, -0.25) is 0 Å². The molecule has 0 aromatic carbocycles. The van der Waals surface area contributed by atoms with Gasteiger partial charge in [-0.25, -0.2) is 9.48 Å². The largest absolute Gasteiger partial charge is 0.478 e. The van der Waals surface area contributed by atoms with Crippen LogP contribution in [0.5, 0.6) is 0 Å². The van der Waals surface area contributed by atoms with Crippen LogP contribution in [0.2, 0.25) is 0 Å². The van der Waals surface area contributed by atoms with E-state index in [-0.39, 0.29) is 5.56 Å². The van der Waals surface area contributed by atoms with Gasteiger partial charge in [-0.05, 0) is 25.0 Å². The first-order chi connectivity index (χ1) is 8.69. The monoisotopic (exact) mass is 246 g/mol. The summed E-state index contributed by atoms with van der Waals surface area (Å²) in [6.07, 6.45) is 2.71. The smallest absolute Gasteiger partial charge is 0.339 e. The van der Waals surface area contributed by atoms with Gasteiger partial charge >= 0.3 is 5.97 Å². The maximum atomic E-state index is 11.3. The van der Waals surface area contributed by atoms with Crippen molar-refractivity contribution in [3.8, 4) is 5.82 Å². The van der Waals surface area contributed by atoms with Crippen LogP contribution in [0.3, 0.4) is 0 Å². The minimum Gasteiger partial charge on any atom is -0.478 e. The Morgan fingerprint density at radius 2 is 2.17 bits per heavy atom. The van der Waals surface area contributed by atoms with Crippen LogP contribution in [0.1, 0.15) is 35.6 Å². The van der Waals surface area contributed by atoms with Gasteiger partial charge in [0, 0.05) is 6.20 Å². The molecule has 2 aromatic heterocycles. The maximum Gasteiger partial charge on any atom is 0.339 e. The Hall–Kier alpha value is -2.24. The van der Waals surface area contributed by atoms with Gasteiger partial charge in [-0.1, -0.05) is 13.8 Å². The molecule has 0 aliphatic heterocycles. The fourth-order valence-corrected chi connectivity index (χ4v) is 1.92. The maximum absolute atomic E-state index is 11.3. The number of aromatic nitrogens is 4. The van der Waals surface area contributed by atoms with Crippen LogP contribution in [0.15, 0.2) is 18.3 Å². The number of nitrogens with zero attached hydrogens (tertiary/aromatic N) is 4. The van der Waals surface area contributed by atoms with Crippen molar-refractivity contribution in [1.29, 1.82) is 0 Å². The quantitative estimate of drug-likeness (QED) is 0.883. The molecular weight excluding hydrogens is 232 g/mol. The van der Waals surface area contributed by atoms with Crippen molar-refractivity contribution in [3.63, 3.8) is 0 Å². The van der Waals surface area contributed by atoms with Gasteiger partial charge in [0.05, 0.1) is 11.4 Å². The lowest BCUT2D eigenvalue weighted by Crippen LogP contribution is -2.07. The molecule has 0 radical (unpaired) electrons. The molecule has 0 spiro atoms. The van der Waals surface area contributed by atoms with E-state index in [2.05, 4.69) is 15.3 Å². The molecule has 0 unspecified atom stereocenters. The highest BCUT2D eigenvalue weighted by molar-refractivity contribution is 5.90. The van der Waals surface area contributed by atoms with Gasteiger partial charge < -0.3 is 5.11 Å². The Kier molecular flexibility index (Phi) is 3.36. The predicted octanol–water partition coefficient (Wildman–Crippen LogP) is 1.49. The van der Waals surface area contributed by atoms with E-state index < -0.39 is 5.97 Å². The van der Waals surface area contributed by atoms with Crippen molar-refractivity contribution < 1.29 is 9.90 Å². The standard InChI is InChI=1S/C12H14N4O2/c1-3-8-11(12(17)18)9(4-2)16(15-8)10-6-5-7-13-14-10/h5-7H,3-4H2,1-2H3,(H,17,18). The molecule has 0 bridgehead atoms. The first-order valence-corrected chi connectivity index (χ1v) is 5.81. The molecule has 6 heteroatoms. The van der Waals surface area contributed by atoms with Crippen LogP contribution in [0.25, 0.3) is 5.82 Å². The van der Waals surface area contributed by atoms with E-state index >= 15 is 0 Å². The zero-order chi connectivity index (χ0) is 13.1. The summed E-state index contributed by atoms with van der Waals surface area (Å²) in [6, 6.07) is 3.50. The van der Waals surface area contributed by atoms with Gasteiger partial charge in [-0.2, -0.15) is 10.2 Å². The van der Waals surface area contributed by atoms with Gasteiger partial charge in [-0.15, -0.1) is 5.10 Å². The Balaban J connectivity index is 2.65. The average Bonchev–Trinajstić information content (AvgIpc) is 2.78. The number of carbonyl (C=O) groups is 1. The molecular formula is C12H14N4O2. The summed E-state index contributed by atoms with van der Waals surface area (Å²) in [5.74, 6) is -0.407. The van der Waals surface area contributed by atoms with E-state index in [0.717, 1.165) is 0 Å². The first kappa shape index (κ1) is 12.2. The van der Waals surface area contributed by atoms with Crippen LogP contribution in [-0.4, -0.2) is 31.1 Å². The lowest BCUT2D eigenvalue weighted by atomic mass is 10.1. The molecule has 0 amide bonds. The van der Waals surface area contributed by atoms with Gasteiger partial charge in [0.2, 0.25) is 0 Å². The van der Waals surface area contributed by atoms with Crippen LogP contribution in [-0.2, 0) is 12.8 Å². The lowest BCUT2D eigenvalue weighted by molar-refractivity contribution is 0.0694. The fourth-order valence-electron chi connectivity index (χ4n) is 1.92. The molecule has 2 rings (SSSR count). The molecule has 0 fully saturated rings. The second-order valence-corrected chi connectivity index (χ2v) is 3.77. The molecule has 6 nitrogen and oxygen atoms in total. The summed E-state index contributed by atoms with van der Waals surface area (Å²) in [4.78, 5) is 11.3. The molecule has 2 aromatic rings. The van der Waals surface area contributed by atoms with Crippen molar-refractivity contribution in [1.82, 2.24) is 20.0 Å². The van der Waals surface area contributed by atoms with Crippen molar-refractivity contribution >= 4 is 5.97 Å². The third-order valence-electron chi connectivity index (χ3n) is 2.71. The normalized spacial score (nSPS) is 10.6. The molecule has 0 saturated heterocycles. The molecule has 18 heavy (non-hydrogen) atoms. The Morgan fingerprint density at radius 3 is 2.67 bits per heavy atom. The van der Waals surface area contributed by atoms with Crippen molar-refractivity contribution in [3.05, 3.63) is 35.3 Å². The number of carboxylic acids is 1. The molecule has 2 heterocycles. The zero-order valence-corrected chi connectivity index (χ0v) is 10.3. The Labute approximate surface area is 104 Å². The number of rotatable bonds is 4. The van der Waals surface area contributed by atoms with Crippen LogP contribution in [0, 0.1) is 0 Å². The second kappa shape index (κ2) is 4.95. The molecule has 94 valence electrons. The van der Waals surface area contributed by atoms with Gasteiger partial charge in [0.1, 0.15) is 5.56 Å². The van der Waals surface area contributed by atoms with Crippen LogP contribution >= 0.6 is 0 Å². The first-order valence-electron chi connectivity index (χ1n) is 5.81. The third-order valence-corrected chi connectivity index (χ3v) is 2.71. The van der Waals surface area contributed by atoms with E-state index in [1.54, 1.807) is 23.0 Å². The van der Waals surface area contributed by atoms with Gasteiger partial charge in [0.15, 0.2) is 5.82 Å². The predicted molar refractivity (Wildman–Crippen MR) is 64.9 cm³/mol. The van der Waals surface area contributed by atoms with Crippen molar-refractivity contribution in [2.75, 3.05) is 0 Å². The highest BCUT2D eigenvalue weighted by Gasteiger charge is 2.22. The summed E-state index contributed by atoms with van der Waals surface area (Å²) in [7, 11) is 0. The molecule has 0 aliphatic rings. The van der Waals surface area contributed by atoms with Crippen LogP contribution in [0.4, 0.5) is 0 Å². The molecule has 0 atom stereocenters. The summed E-state index contributed by atoms with van der Waals surface area (Å²) < 4.78 is 1.56. The minimum absolute atomic E-state index is 0.283. The summed E-state index contributed by atoms with van der Waals surface area (Å²) in [5, 5.41) is 21.4. The minimum atomic E-state index is -0.946. The average molecular weight is 246 g/mol. The fraction of sp³-hybridized carbons (Fsp3) is 0.333. The van der Waals surface area contributed by atoms with E-state index in [4.69, 9.17) is 0 Å².